The predicted molar refractivity (Wildman–Crippen MR) is 404 cm³/mol. The fraction of sp³-hybridized carbons (Fsp3) is 0.267. The van der Waals surface area contributed by atoms with Gasteiger partial charge in [-0.1, -0.05) is 96.1 Å². The number of aromatic nitrogens is 6. The van der Waals surface area contributed by atoms with Gasteiger partial charge in [0.05, 0.1) is 11.1 Å². The molecule has 6 nitrogen and oxygen atoms in total. The van der Waals surface area contributed by atoms with E-state index >= 15 is 0 Å². The summed E-state index contributed by atoms with van der Waals surface area (Å²) in [6, 6.07) is 69.8. The topological polar surface area (TPSA) is 23.3 Å². The second-order valence-electron chi connectivity index (χ2n) is 26.2. The summed E-state index contributed by atoms with van der Waals surface area (Å²) in [5.74, 6) is 0. The van der Waals surface area contributed by atoms with Gasteiger partial charge in [0.15, 0.2) is 35.7 Å². The highest BCUT2D eigenvalue weighted by Gasteiger charge is 2.21. The van der Waals surface area contributed by atoms with E-state index in [1.807, 2.05) is 18.2 Å². The summed E-state index contributed by atoms with van der Waals surface area (Å²) in [7, 11) is 12.3. The number of aryl methyl sites for hydroxylation is 19. The molecule has 0 unspecified atom stereocenters. The molecule has 0 aliphatic heterocycles. The molecule has 0 spiro atoms. The lowest BCUT2D eigenvalue weighted by Gasteiger charge is -2.09. The normalized spacial score (nSPS) is 11.1. The Morgan fingerprint density at radius 1 is 0.240 bits per heavy atom. The molecule has 492 valence electrons. The number of pyridine rings is 6. The van der Waals surface area contributed by atoms with Crippen LogP contribution in [0.3, 0.4) is 0 Å². The molecule has 6 aromatic heterocycles. The van der Waals surface area contributed by atoms with Crippen molar-refractivity contribution < 1.29 is 31.5 Å². The molecule has 6 heterocycles. The van der Waals surface area contributed by atoms with E-state index in [1.54, 1.807) is 23.7 Å². The van der Waals surface area contributed by atoms with Crippen LogP contribution >= 0.6 is 0 Å². The van der Waals surface area contributed by atoms with Crippen molar-refractivity contribution in [2.24, 2.45) is 42.3 Å². The minimum Gasteiger partial charge on any atom is -0.201 e. The lowest BCUT2D eigenvalue weighted by atomic mass is 9.97. The average Bonchev–Trinajstić information content (AvgIpc) is 0.823. The summed E-state index contributed by atoms with van der Waals surface area (Å²) in [5.41, 5.74) is 37.8. The van der Waals surface area contributed by atoms with E-state index in [9.17, 15) is 0 Å². The average molecular weight is 1280 g/mol. The highest BCUT2D eigenvalue weighted by Crippen LogP contribution is 2.30. The number of nitrogens with zero attached hydrogens (tertiary/aromatic N) is 6. The zero-order valence-electron chi connectivity index (χ0n) is 65.0. The van der Waals surface area contributed by atoms with Gasteiger partial charge in [0.2, 0.25) is 34.2 Å². The van der Waals surface area contributed by atoms with Crippen molar-refractivity contribution in [2.45, 2.75) is 125 Å². The van der Waals surface area contributed by atoms with Crippen molar-refractivity contribution in [3.8, 4) is 67.5 Å². The highest BCUT2D eigenvalue weighted by molar-refractivity contribution is 5.70. The number of rotatable bonds is 6. The molecule has 12 rings (SSSR count). The largest absolute Gasteiger partial charge is 0.215 e. The first-order valence-corrected chi connectivity index (χ1v) is 33.5. The van der Waals surface area contributed by atoms with Gasteiger partial charge < -0.3 is 0 Å². The van der Waals surface area contributed by atoms with Crippen LogP contribution in [-0.4, -0.2) is 0 Å². The Labute approximate surface area is 582 Å². The van der Waals surface area contributed by atoms with Crippen LogP contribution in [0.1, 0.15) is 105 Å². The third-order valence-electron chi connectivity index (χ3n) is 18.8. The molecule has 6 aromatic carbocycles. The Bertz CT molecular complexity index is 4470. The maximum absolute atomic E-state index is 7.58. The summed E-state index contributed by atoms with van der Waals surface area (Å²) >= 11 is 0. The Morgan fingerprint density at radius 3 is 0.958 bits per heavy atom. The molecule has 0 aliphatic carbocycles. The summed E-state index contributed by atoms with van der Waals surface area (Å²) in [5, 5.41) is 0. The highest BCUT2D eigenvalue weighted by atomic mass is 15.0. The van der Waals surface area contributed by atoms with E-state index in [2.05, 4.69) is 364 Å². The van der Waals surface area contributed by atoms with Gasteiger partial charge in [0, 0.05) is 118 Å². The molecule has 0 radical (unpaired) electrons. The van der Waals surface area contributed by atoms with Gasteiger partial charge in [-0.3, -0.25) is 0 Å². The van der Waals surface area contributed by atoms with Gasteiger partial charge in [-0.25, -0.2) is 13.7 Å². The third kappa shape index (κ3) is 18.0. The third-order valence-corrected chi connectivity index (χ3v) is 18.8. The van der Waals surface area contributed by atoms with E-state index < -0.39 is 6.85 Å². The molecular formula is C90H108N6+6. The fourth-order valence-corrected chi connectivity index (χ4v) is 12.7. The van der Waals surface area contributed by atoms with E-state index in [0.29, 0.717) is 5.69 Å². The second-order valence-corrected chi connectivity index (χ2v) is 26.2. The van der Waals surface area contributed by atoms with Gasteiger partial charge in [-0.2, -0.15) is 13.7 Å². The predicted octanol–water partition coefficient (Wildman–Crippen LogP) is 18.6. The van der Waals surface area contributed by atoms with Crippen molar-refractivity contribution in [2.75, 3.05) is 0 Å². The molecule has 0 saturated carbocycles. The first-order chi connectivity index (χ1) is 46.8. The summed E-state index contributed by atoms with van der Waals surface area (Å²) in [4.78, 5) is 0. The molecular weight excluding hydrogens is 1170 g/mol. The van der Waals surface area contributed by atoms with Crippen LogP contribution in [-0.2, 0) is 42.3 Å². The van der Waals surface area contributed by atoms with E-state index in [1.165, 1.54) is 151 Å². The first kappa shape index (κ1) is 69.1. The lowest BCUT2D eigenvalue weighted by molar-refractivity contribution is -0.666. The fourth-order valence-electron chi connectivity index (χ4n) is 12.7. The van der Waals surface area contributed by atoms with Crippen LogP contribution in [0.25, 0.3) is 67.5 Å². The first-order valence-electron chi connectivity index (χ1n) is 35.0. The van der Waals surface area contributed by atoms with Gasteiger partial charge >= 0.3 is 0 Å². The standard InChI is InChI=1S/6C15H18N/c2*1-11-7-5-9-14(13(11)3)15-10-6-8-12(2)16(15)4;2*1-11-7-5-8-12(2)14(11)15-13(3)9-6-10-16(15)4;1-11-7-8-12(2)14(10-11)15-13(3)6-5-9-16(15)4;1-11-8-9-14(12(2)10-11)15-7-5-6-13(3)16(15)4/h6*5-10H,1-4H3/q6*+1/i2D3;;;;;. The van der Waals surface area contributed by atoms with Gasteiger partial charge in [-0.05, 0) is 220 Å². The molecule has 0 aliphatic rings. The van der Waals surface area contributed by atoms with Crippen molar-refractivity contribution in [1.29, 1.82) is 0 Å². The zero-order chi connectivity index (χ0) is 72.7. The molecule has 6 heteroatoms. The Balaban J connectivity index is 0.000000167. The quantitative estimate of drug-likeness (QED) is 0.148. The number of hydrogen-bond acceptors (Lipinski definition) is 0. The van der Waals surface area contributed by atoms with Crippen molar-refractivity contribution in [3.05, 3.63) is 319 Å². The molecule has 0 saturated heterocycles. The minimum atomic E-state index is -2.09. The maximum Gasteiger partial charge on any atom is 0.215 e. The molecule has 96 heavy (non-hydrogen) atoms. The van der Waals surface area contributed by atoms with Crippen LogP contribution in [0.15, 0.2) is 219 Å². The summed E-state index contributed by atoms with van der Waals surface area (Å²) < 4.78 is 35.6. The smallest absolute Gasteiger partial charge is 0.201 e. The maximum atomic E-state index is 7.58. The molecule has 0 bridgehead atoms. The second kappa shape index (κ2) is 33.6. The SMILES string of the molecule is Cc1ccc(-c2cccc(C)[n+]2C)c(C)c1.Cc1ccc(C)c(-c2c(C)ccc[n+]2C)c1.Cc1cccc(-c2cccc(C)[n+]2C)c1C.Cc1cccc(C)c1-c1c(C)ccc[n+]1C.Cc1cccc(C)c1-c1c(C)ccc[n+]1C.[2H]C([2H])([2H])c1cccc(-c2cccc(C)c2C)[n+]1C. The van der Waals surface area contributed by atoms with Gasteiger partial charge in [0.1, 0.15) is 42.3 Å². The molecule has 0 fully saturated rings. The summed E-state index contributed by atoms with van der Waals surface area (Å²) in [6.07, 6.45) is 6.31. The van der Waals surface area contributed by atoms with Crippen molar-refractivity contribution in [3.63, 3.8) is 0 Å². The molecule has 0 atom stereocenters. The number of benzene rings is 6. The molecule has 0 amide bonds. The van der Waals surface area contributed by atoms with Crippen LogP contribution in [0.4, 0.5) is 0 Å². The van der Waals surface area contributed by atoms with Crippen LogP contribution in [0, 0.1) is 125 Å². The zero-order valence-corrected chi connectivity index (χ0v) is 62.0. The van der Waals surface area contributed by atoms with E-state index in [-0.39, 0.29) is 0 Å². The van der Waals surface area contributed by atoms with Gasteiger partial charge in [-0.15, -0.1) is 0 Å². The molecule has 0 N–H and O–H groups in total. The Morgan fingerprint density at radius 2 is 0.562 bits per heavy atom. The van der Waals surface area contributed by atoms with Crippen LogP contribution in [0.2, 0.25) is 0 Å². The summed E-state index contributed by atoms with van der Waals surface area (Å²) in [6.45, 7) is 34.5. The number of hydrogen-bond donors (Lipinski definition) is 0. The van der Waals surface area contributed by atoms with Gasteiger partial charge in [0.25, 0.3) is 0 Å². The van der Waals surface area contributed by atoms with Crippen molar-refractivity contribution >= 4 is 0 Å². The van der Waals surface area contributed by atoms with E-state index in [0.717, 1.165) is 11.3 Å². The van der Waals surface area contributed by atoms with Crippen LogP contribution in [0.5, 0.6) is 0 Å². The Kier molecular flexibility index (Phi) is 24.1. The van der Waals surface area contributed by atoms with E-state index in [4.69, 9.17) is 4.11 Å². The van der Waals surface area contributed by atoms with Crippen molar-refractivity contribution in [1.82, 2.24) is 0 Å². The minimum absolute atomic E-state index is 0.353. The Hall–Kier alpha value is -9.78. The lowest BCUT2D eigenvalue weighted by Crippen LogP contribution is -2.34. The monoisotopic (exact) mass is 1280 g/mol. The van der Waals surface area contributed by atoms with Crippen LogP contribution < -0.4 is 27.4 Å². The molecule has 12 aromatic rings.